The zero-order chi connectivity index (χ0) is 21.8. The quantitative estimate of drug-likeness (QED) is 0.184. The molecule has 0 saturated heterocycles. The molecule has 1 aliphatic rings. The van der Waals surface area contributed by atoms with Crippen LogP contribution in [0.25, 0.3) is 5.57 Å². The largest absolute Gasteiger partial charge is 0.424 e. The van der Waals surface area contributed by atoms with Gasteiger partial charge in [-0.1, -0.05) is 6.07 Å². The summed E-state index contributed by atoms with van der Waals surface area (Å²) in [5.74, 6) is -1.48. The Kier molecular flexibility index (Phi) is 6.50. The number of carbonyl (C=O) groups excluding carboxylic acids is 4. The number of ether oxygens (including phenoxy) is 1. The van der Waals surface area contributed by atoms with Gasteiger partial charge in [-0.05, 0) is 58.5 Å². The molecule has 9 heteroatoms. The van der Waals surface area contributed by atoms with Crippen molar-refractivity contribution in [2.45, 2.75) is 20.4 Å². The van der Waals surface area contributed by atoms with Crippen LogP contribution < -0.4 is 20.7 Å². The lowest BCUT2D eigenvalue weighted by Gasteiger charge is -2.18. The predicted octanol–water partition coefficient (Wildman–Crippen LogP) is 2.58. The molecule has 0 radical (unpaired) electrons. The topological polar surface area (TPSA) is 114 Å². The third kappa shape index (κ3) is 5.03. The number of nitrogens with one attached hydrogen (secondary N) is 3. The van der Waals surface area contributed by atoms with Crippen LogP contribution >= 0.6 is 22.6 Å². The Morgan fingerprint density at radius 3 is 2.53 bits per heavy atom. The number of hydrogen-bond donors (Lipinski definition) is 3. The molecule has 3 rings (SSSR count). The molecule has 0 unspecified atom stereocenters. The molecule has 0 aliphatic carbocycles. The van der Waals surface area contributed by atoms with Crippen LogP contribution in [0.4, 0.5) is 5.69 Å². The first-order valence-electron chi connectivity index (χ1n) is 8.92. The van der Waals surface area contributed by atoms with Crippen molar-refractivity contribution in [3.8, 4) is 5.75 Å². The van der Waals surface area contributed by atoms with Gasteiger partial charge in [0, 0.05) is 41.3 Å². The van der Waals surface area contributed by atoms with Gasteiger partial charge in [0.1, 0.15) is 0 Å². The van der Waals surface area contributed by atoms with Gasteiger partial charge in [-0.2, -0.15) is 0 Å². The minimum Gasteiger partial charge on any atom is -0.424 e. The van der Waals surface area contributed by atoms with E-state index in [9.17, 15) is 19.2 Å². The van der Waals surface area contributed by atoms with E-state index < -0.39 is 17.8 Å². The number of anilines is 1. The molecule has 0 fully saturated rings. The first-order chi connectivity index (χ1) is 14.2. The van der Waals surface area contributed by atoms with Gasteiger partial charge < -0.3 is 15.4 Å². The highest BCUT2D eigenvalue weighted by Crippen LogP contribution is 2.27. The third-order valence-corrected chi connectivity index (χ3v) is 4.82. The van der Waals surface area contributed by atoms with Crippen molar-refractivity contribution in [1.29, 1.82) is 0 Å². The standard InChI is InChI=1S/C21H18IN3O5/c1-11(26)24-18-6-3-13(7-19(18)30-12(2)27)9-23-10-17-16-8-14(22)4-5-15(16)20(28)25-21(17)29/h3-8,10,23H,9H2,1-2H3,(H,24,26)(H,25,28,29). The summed E-state index contributed by atoms with van der Waals surface area (Å²) in [6, 6.07) is 10.3. The zero-order valence-corrected chi connectivity index (χ0v) is 18.3. The van der Waals surface area contributed by atoms with Crippen LogP contribution in [0, 0.1) is 3.57 Å². The van der Waals surface area contributed by atoms with Crippen molar-refractivity contribution >= 4 is 57.5 Å². The molecule has 8 nitrogen and oxygen atoms in total. The predicted molar refractivity (Wildman–Crippen MR) is 119 cm³/mol. The highest BCUT2D eigenvalue weighted by Gasteiger charge is 2.27. The van der Waals surface area contributed by atoms with E-state index in [1.54, 1.807) is 42.6 Å². The van der Waals surface area contributed by atoms with Crippen molar-refractivity contribution in [3.63, 3.8) is 0 Å². The van der Waals surface area contributed by atoms with Gasteiger partial charge in [0.15, 0.2) is 5.75 Å². The van der Waals surface area contributed by atoms with Gasteiger partial charge in [-0.25, -0.2) is 0 Å². The van der Waals surface area contributed by atoms with Crippen LogP contribution in [0.5, 0.6) is 5.75 Å². The van der Waals surface area contributed by atoms with E-state index in [0.717, 1.165) is 9.13 Å². The highest BCUT2D eigenvalue weighted by molar-refractivity contribution is 14.1. The summed E-state index contributed by atoms with van der Waals surface area (Å²) in [4.78, 5) is 47.0. The Bertz CT molecular complexity index is 1090. The molecular formula is C21H18IN3O5. The van der Waals surface area contributed by atoms with Gasteiger partial charge in [0.25, 0.3) is 11.8 Å². The normalized spacial score (nSPS) is 14.0. The lowest BCUT2D eigenvalue weighted by molar-refractivity contribution is -0.132. The van der Waals surface area contributed by atoms with Crippen molar-refractivity contribution in [3.05, 3.63) is 62.9 Å². The summed E-state index contributed by atoms with van der Waals surface area (Å²) in [6.45, 7) is 2.95. The lowest BCUT2D eigenvalue weighted by Crippen LogP contribution is -2.37. The number of halogens is 1. The second-order valence-corrected chi connectivity index (χ2v) is 7.76. The summed E-state index contributed by atoms with van der Waals surface area (Å²) in [6.07, 6.45) is 1.55. The van der Waals surface area contributed by atoms with E-state index in [1.807, 2.05) is 0 Å². The van der Waals surface area contributed by atoms with Crippen LogP contribution in [0.15, 0.2) is 42.6 Å². The van der Waals surface area contributed by atoms with E-state index in [0.29, 0.717) is 28.9 Å². The number of fused-ring (bicyclic) bond motifs is 1. The minimum absolute atomic E-state index is 0.227. The Balaban J connectivity index is 1.82. The molecule has 0 saturated carbocycles. The molecule has 0 atom stereocenters. The van der Waals surface area contributed by atoms with Gasteiger partial charge in [-0.3, -0.25) is 24.5 Å². The van der Waals surface area contributed by atoms with Crippen LogP contribution in [-0.4, -0.2) is 23.7 Å². The van der Waals surface area contributed by atoms with Gasteiger partial charge in [0.2, 0.25) is 5.91 Å². The summed E-state index contributed by atoms with van der Waals surface area (Å²) in [5.41, 5.74) is 2.48. The molecule has 3 amide bonds. The molecule has 154 valence electrons. The maximum absolute atomic E-state index is 12.3. The lowest BCUT2D eigenvalue weighted by atomic mass is 9.95. The van der Waals surface area contributed by atoms with E-state index >= 15 is 0 Å². The van der Waals surface area contributed by atoms with Crippen LogP contribution in [0.2, 0.25) is 0 Å². The molecule has 2 aromatic carbocycles. The van der Waals surface area contributed by atoms with Crippen LogP contribution in [0.1, 0.15) is 35.3 Å². The van der Waals surface area contributed by atoms with Gasteiger partial charge in [-0.15, -0.1) is 0 Å². The van der Waals surface area contributed by atoms with Gasteiger partial charge in [0.05, 0.1) is 11.3 Å². The number of benzene rings is 2. The maximum atomic E-state index is 12.3. The number of rotatable bonds is 5. The second-order valence-electron chi connectivity index (χ2n) is 6.52. The van der Waals surface area contributed by atoms with Crippen molar-refractivity contribution in [1.82, 2.24) is 10.6 Å². The fourth-order valence-corrected chi connectivity index (χ4v) is 3.41. The molecule has 0 spiro atoms. The van der Waals surface area contributed by atoms with E-state index in [-0.39, 0.29) is 11.7 Å². The molecule has 2 aromatic rings. The summed E-state index contributed by atoms with van der Waals surface area (Å²) in [5, 5.41) is 7.98. The van der Waals surface area contributed by atoms with Crippen LogP contribution in [0.3, 0.4) is 0 Å². The SMILES string of the molecule is CC(=O)Nc1ccc(CNC=C2C(=O)NC(=O)c3ccc(I)cc32)cc1OC(C)=O. The molecular weight excluding hydrogens is 501 g/mol. The maximum Gasteiger partial charge on any atom is 0.308 e. The fourth-order valence-electron chi connectivity index (χ4n) is 2.92. The second kappa shape index (κ2) is 9.08. The Morgan fingerprint density at radius 1 is 1.07 bits per heavy atom. The monoisotopic (exact) mass is 519 g/mol. The average molecular weight is 519 g/mol. The number of imide groups is 1. The molecule has 3 N–H and O–H groups in total. The zero-order valence-electron chi connectivity index (χ0n) is 16.2. The number of hydrogen-bond acceptors (Lipinski definition) is 6. The van der Waals surface area contributed by atoms with Gasteiger partial charge >= 0.3 is 5.97 Å². The molecule has 30 heavy (non-hydrogen) atoms. The fraction of sp³-hybridized carbons (Fsp3) is 0.143. The molecule has 1 aliphatic heterocycles. The van der Waals surface area contributed by atoms with Crippen molar-refractivity contribution < 1.29 is 23.9 Å². The van der Waals surface area contributed by atoms with E-state index in [2.05, 4.69) is 38.5 Å². The highest BCUT2D eigenvalue weighted by atomic mass is 127. The molecule has 1 heterocycles. The number of amides is 3. The number of esters is 1. The van der Waals surface area contributed by atoms with Crippen LogP contribution in [-0.2, 0) is 20.9 Å². The summed E-state index contributed by atoms with van der Waals surface area (Å²) >= 11 is 2.12. The Labute approximate surface area is 186 Å². The Hall–Kier alpha value is -3.21. The van der Waals surface area contributed by atoms with Crippen molar-refractivity contribution in [2.75, 3.05) is 5.32 Å². The smallest absolute Gasteiger partial charge is 0.308 e. The van der Waals surface area contributed by atoms with E-state index in [1.165, 1.54) is 13.8 Å². The first-order valence-corrected chi connectivity index (χ1v) is 10.0. The first kappa shape index (κ1) is 21.5. The minimum atomic E-state index is -0.511. The average Bonchev–Trinajstić information content (AvgIpc) is 2.65. The molecule has 0 aromatic heterocycles. The van der Waals surface area contributed by atoms with Crippen molar-refractivity contribution in [2.24, 2.45) is 0 Å². The van der Waals surface area contributed by atoms with E-state index in [4.69, 9.17) is 4.74 Å². The third-order valence-electron chi connectivity index (χ3n) is 4.15. The Morgan fingerprint density at radius 2 is 1.83 bits per heavy atom. The number of carbonyl (C=O) groups is 4. The molecule has 0 bridgehead atoms. The summed E-state index contributed by atoms with van der Waals surface area (Å²) in [7, 11) is 0. The summed E-state index contributed by atoms with van der Waals surface area (Å²) < 4.78 is 6.07.